The van der Waals surface area contributed by atoms with E-state index in [1.165, 1.54) is 50.2 Å². The van der Waals surface area contributed by atoms with E-state index in [-0.39, 0.29) is 23.5 Å². The van der Waals surface area contributed by atoms with Crippen molar-refractivity contribution in [3.63, 3.8) is 0 Å². The van der Waals surface area contributed by atoms with Crippen LogP contribution in [0.5, 0.6) is 0 Å². The fraction of sp³-hybridized carbons (Fsp3) is 0.324. The Morgan fingerprint density at radius 1 is 0.800 bits per heavy atom. The van der Waals surface area contributed by atoms with E-state index in [1.807, 2.05) is 30.3 Å². The molecule has 0 aliphatic carbocycles. The Labute approximate surface area is 235 Å². The van der Waals surface area contributed by atoms with E-state index >= 15 is 0 Å². The maximum absolute atomic E-state index is 14.1. The Balaban J connectivity index is 1.64. The van der Waals surface area contributed by atoms with E-state index in [9.17, 15) is 13.6 Å². The summed E-state index contributed by atoms with van der Waals surface area (Å²) in [6.07, 6.45) is 4.58. The smallest absolute Gasteiger partial charge is 0.258 e. The first-order chi connectivity index (χ1) is 19.4. The van der Waals surface area contributed by atoms with Gasteiger partial charge in [0.05, 0.1) is 11.3 Å². The summed E-state index contributed by atoms with van der Waals surface area (Å²) in [5.74, 6) is -0.853. The van der Waals surface area contributed by atoms with Gasteiger partial charge in [0.15, 0.2) is 0 Å². The standard InChI is InChI=1S/C34H37F2N3O/c1-24(2)32-31(34(40)37-29-18-16-28(36)17-19-29)30(25-10-4-3-5-11-25)33(26-12-14-27(35)15-13-26)39(32)23-9-8-22-38-20-6-7-21-38/h3-5,10-19,24H,6-9,20-23H2,1-2H3,(H,37,40). The van der Waals surface area contributed by atoms with Gasteiger partial charge in [-0.2, -0.15) is 0 Å². The molecule has 2 heterocycles. The van der Waals surface area contributed by atoms with E-state index < -0.39 is 0 Å². The number of nitrogens with zero attached hydrogens (tertiary/aromatic N) is 2. The number of amides is 1. The fourth-order valence-corrected chi connectivity index (χ4v) is 5.83. The SMILES string of the molecule is CC(C)c1c(C(=O)Nc2ccc(F)cc2)c(-c2ccccc2)c(-c2ccc(F)cc2)n1CCCCN1CCCC1. The van der Waals surface area contributed by atoms with Crippen LogP contribution in [0.25, 0.3) is 22.4 Å². The molecule has 0 radical (unpaired) electrons. The number of hydrogen-bond donors (Lipinski definition) is 1. The molecule has 0 saturated carbocycles. The number of carbonyl (C=O) groups is 1. The highest BCUT2D eigenvalue weighted by Crippen LogP contribution is 2.42. The molecular weight excluding hydrogens is 504 g/mol. The number of nitrogens with one attached hydrogen (secondary N) is 1. The molecule has 1 aliphatic rings. The van der Waals surface area contributed by atoms with Crippen LogP contribution >= 0.6 is 0 Å². The van der Waals surface area contributed by atoms with Gasteiger partial charge in [-0.15, -0.1) is 0 Å². The highest BCUT2D eigenvalue weighted by atomic mass is 19.1. The monoisotopic (exact) mass is 541 g/mol. The van der Waals surface area contributed by atoms with E-state index in [0.717, 1.165) is 54.0 Å². The number of unbranched alkanes of at least 4 members (excludes halogenated alkanes) is 1. The van der Waals surface area contributed by atoms with Gasteiger partial charge in [0.25, 0.3) is 5.91 Å². The second kappa shape index (κ2) is 12.6. The van der Waals surface area contributed by atoms with Crippen molar-refractivity contribution in [1.82, 2.24) is 9.47 Å². The van der Waals surface area contributed by atoms with Crippen molar-refractivity contribution in [2.75, 3.05) is 25.0 Å². The Morgan fingerprint density at radius 3 is 2.02 bits per heavy atom. The third-order valence-corrected chi connectivity index (χ3v) is 7.66. The first kappa shape index (κ1) is 27.8. The molecule has 3 aromatic carbocycles. The van der Waals surface area contributed by atoms with Crippen LogP contribution in [0.1, 0.15) is 61.5 Å². The molecule has 1 aromatic heterocycles. The van der Waals surface area contributed by atoms with Crippen LogP contribution in [0.3, 0.4) is 0 Å². The number of hydrogen-bond acceptors (Lipinski definition) is 2. The third-order valence-electron chi connectivity index (χ3n) is 7.66. The zero-order valence-corrected chi connectivity index (χ0v) is 23.3. The average molecular weight is 542 g/mol. The molecule has 4 aromatic rings. The third kappa shape index (κ3) is 6.18. The van der Waals surface area contributed by atoms with E-state index in [1.54, 1.807) is 24.3 Å². The molecule has 0 bridgehead atoms. The van der Waals surface area contributed by atoms with Crippen molar-refractivity contribution >= 4 is 11.6 Å². The van der Waals surface area contributed by atoms with Crippen LogP contribution in [0, 0.1) is 11.6 Å². The molecule has 1 saturated heterocycles. The summed E-state index contributed by atoms with van der Waals surface area (Å²) in [6.45, 7) is 8.38. The molecule has 1 aliphatic heterocycles. The number of likely N-dealkylation sites (tertiary alicyclic amines) is 1. The second-order valence-electron chi connectivity index (χ2n) is 10.9. The number of aromatic nitrogens is 1. The molecule has 1 amide bonds. The normalized spacial score (nSPS) is 13.7. The summed E-state index contributed by atoms with van der Waals surface area (Å²) in [4.78, 5) is 16.6. The predicted octanol–water partition coefficient (Wildman–Crippen LogP) is 8.35. The number of anilines is 1. The zero-order chi connectivity index (χ0) is 28.1. The van der Waals surface area contributed by atoms with E-state index in [2.05, 4.69) is 28.6 Å². The summed E-state index contributed by atoms with van der Waals surface area (Å²) in [5.41, 5.74) is 5.60. The molecule has 4 nitrogen and oxygen atoms in total. The molecule has 40 heavy (non-hydrogen) atoms. The number of rotatable bonds is 10. The lowest BCUT2D eigenvalue weighted by molar-refractivity contribution is 0.102. The minimum atomic E-state index is -0.357. The maximum atomic E-state index is 14.1. The Morgan fingerprint density at radius 2 is 1.40 bits per heavy atom. The molecular formula is C34H37F2N3O. The largest absolute Gasteiger partial charge is 0.343 e. The van der Waals surface area contributed by atoms with E-state index in [0.29, 0.717) is 11.3 Å². The van der Waals surface area contributed by atoms with Gasteiger partial charge in [0.1, 0.15) is 11.6 Å². The minimum Gasteiger partial charge on any atom is -0.343 e. The molecule has 0 unspecified atom stereocenters. The zero-order valence-electron chi connectivity index (χ0n) is 23.3. The van der Waals surface area contributed by atoms with Gasteiger partial charge in [-0.25, -0.2) is 8.78 Å². The van der Waals surface area contributed by atoms with Crippen molar-refractivity contribution in [2.45, 2.75) is 52.0 Å². The lowest BCUT2D eigenvalue weighted by Gasteiger charge is -2.19. The van der Waals surface area contributed by atoms with Gasteiger partial charge in [0, 0.05) is 23.5 Å². The van der Waals surface area contributed by atoms with Gasteiger partial charge in [-0.05, 0) is 111 Å². The van der Waals surface area contributed by atoms with Gasteiger partial charge in [-0.3, -0.25) is 4.79 Å². The molecule has 208 valence electrons. The Kier molecular flexibility index (Phi) is 8.75. The summed E-state index contributed by atoms with van der Waals surface area (Å²) >= 11 is 0. The van der Waals surface area contributed by atoms with Gasteiger partial charge in [-0.1, -0.05) is 44.2 Å². The summed E-state index contributed by atoms with van der Waals surface area (Å²) < 4.78 is 29.9. The van der Waals surface area contributed by atoms with Crippen molar-refractivity contribution in [1.29, 1.82) is 0 Å². The minimum absolute atomic E-state index is 0.0456. The molecule has 1 N–H and O–H groups in total. The predicted molar refractivity (Wildman–Crippen MR) is 159 cm³/mol. The second-order valence-corrected chi connectivity index (χ2v) is 10.9. The van der Waals surface area contributed by atoms with Gasteiger partial charge >= 0.3 is 0 Å². The Hall–Kier alpha value is -3.77. The van der Waals surface area contributed by atoms with Crippen molar-refractivity contribution in [3.05, 3.63) is 102 Å². The quantitative estimate of drug-likeness (QED) is 0.205. The number of halogens is 2. The van der Waals surface area contributed by atoms with Crippen LogP contribution in [0.4, 0.5) is 14.5 Å². The van der Waals surface area contributed by atoms with Gasteiger partial charge in [0.2, 0.25) is 0 Å². The van der Waals surface area contributed by atoms with E-state index in [4.69, 9.17) is 0 Å². The maximum Gasteiger partial charge on any atom is 0.258 e. The first-order valence-electron chi connectivity index (χ1n) is 14.3. The van der Waals surface area contributed by atoms with Crippen LogP contribution in [-0.2, 0) is 6.54 Å². The van der Waals surface area contributed by atoms with Gasteiger partial charge < -0.3 is 14.8 Å². The molecule has 5 rings (SSSR count). The van der Waals surface area contributed by atoms with Crippen molar-refractivity contribution in [2.24, 2.45) is 0 Å². The van der Waals surface area contributed by atoms with Crippen molar-refractivity contribution < 1.29 is 13.6 Å². The lowest BCUT2D eigenvalue weighted by Crippen LogP contribution is -2.21. The molecule has 0 atom stereocenters. The fourth-order valence-electron chi connectivity index (χ4n) is 5.83. The Bertz CT molecular complexity index is 1420. The lowest BCUT2D eigenvalue weighted by atomic mass is 9.94. The summed E-state index contributed by atoms with van der Waals surface area (Å²) in [5, 5.41) is 3.01. The van der Waals surface area contributed by atoms with Crippen LogP contribution in [0.15, 0.2) is 78.9 Å². The molecule has 0 spiro atoms. The number of benzene rings is 3. The average Bonchev–Trinajstić information content (AvgIpc) is 3.60. The van der Waals surface area contributed by atoms with Crippen LogP contribution < -0.4 is 5.32 Å². The highest BCUT2D eigenvalue weighted by Gasteiger charge is 2.30. The summed E-state index contributed by atoms with van der Waals surface area (Å²) in [7, 11) is 0. The van der Waals surface area contributed by atoms with Crippen LogP contribution in [0.2, 0.25) is 0 Å². The first-order valence-corrected chi connectivity index (χ1v) is 14.3. The highest BCUT2D eigenvalue weighted by molar-refractivity contribution is 6.12. The number of carbonyl (C=O) groups excluding carboxylic acids is 1. The molecule has 1 fully saturated rings. The van der Waals surface area contributed by atoms with Crippen LogP contribution in [-0.4, -0.2) is 35.0 Å². The topological polar surface area (TPSA) is 37.3 Å². The molecule has 6 heteroatoms. The van der Waals surface area contributed by atoms with Crippen molar-refractivity contribution in [3.8, 4) is 22.4 Å². The summed E-state index contributed by atoms with van der Waals surface area (Å²) in [6, 6.07) is 22.3.